The summed E-state index contributed by atoms with van der Waals surface area (Å²) < 4.78 is 0. The first-order valence-corrected chi connectivity index (χ1v) is 6.58. The van der Waals surface area contributed by atoms with Crippen molar-refractivity contribution in [2.75, 3.05) is 26.2 Å². The number of likely N-dealkylation sites (tertiary alicyclic amines) is 2. The van der Waals surface area contributed by atoms with Gasteiger partial charge in [0.15, 0.2) is 0 Å². The number of hydrogen-bond acceptors (Lipinski definition) is 2. The minimum Gasteiger partial charge on any atom is -0.343 e. The summed E-state index contributed by atoms with van der Waals surface area (Å²) in [6, 6.07) is 0.681. The van der Waals surface area contributed by atoms with E-state index in [4.69, 9.17) is 0 Å². The van der Waals surface area contributed by atoms with Crippen LogP contribution in [0.1, 0.15) is 40.0 Å². The lowest BCUT2D eigenvalue weighted by Crippen LogP contribution is -2.62. The van der Waals surface area contributed by atoms with Gasteiger partial charge in [-0.25, -0.2) is 0 Å². The molecule has 2 saturated heterocycles. The van der Waals surface area contributed by atoms with Crippen LogP contribution in [0.5, 0.6) is 0 Å². The van der Waals surface area contributed by atoms with E-state index >= 15 is 0 Å². The molecule has 3 heteroatoms. The zero-order chi connectivity index (χ0) is 11.8. The van der Waals surface area contributed by atoms with Crippen molar-refractivity contribution in [2.24, 2.45) is 5.41 Å². The fraction of sp³-hybridized carbons (Fsp3) is 0.923. The second-order valence-electron chi connectivity index (χ2n) is 5.73. The molecule has 0 aliphatic carbocycles. The van der Waals surface area contributed by atoms with Gasteiger partial charge in [0, 0.05) is 38.6 Å². The lowest BCUT2D eigenvalue weighted by Gasteiger charge is -2.55. The second-order valence-corrected chi connectivity index (χ2v) is 5.73. The number of rotatable bonds is 2. The van der Waals surface area contributed by atoms with E-state index in [0.717, 1.165) is 13.1 Å². The highest BCUT2D eigenvalue weighted by Crippen LogP contribution is 2.41. The highest BCUT2D eigenvalue weighted by molar-refractivity contribution is 5.75. The molecule has 2 aliphatic heterocycles. The maximum atomic E-state index is 11.6. The average molecular weight is 224 g/mol. The molecule has 2 rings (SSSR count). The first-order chi connectivity index (χ1) is 7.56. The third-order valence-electron chi connectivity index (χ3n) is 4.29. The van der Waals surface area contributed by atoms with Crippen molar-refractivity contribution in [3.05, 3.63) is 0 Å². The molecule has 0 aromatic rings. The highest BCUT2D eigenvalue weighted by atomic mass is 16.2. The molecule has 2 aliphatic rings. The van der Waals surface area contributed by atoms with Crippen LogP contribution in [0.3, 0.4) is 0 Å². The molecule has 0 unspecified atom stereocenters. The van der Waals surface area contributed by atoms with Gasteiger partial charge in [-0.3, -0.25) is 9.69 Å². The Balaban J connectivity index is 1.81. The van der Waals surface area contributed by atoms with Crippen LogP contribution in [-0.4, -0.2) is 47.9 Å². The molecule has 3 nitrogen and oxygen atoms in total. The summed E-state index contributed by atoms with van der Waals surface area (Å²) in [6.45, 7) is 11.0. The van der Waals surface area contributed by atoms with Crippen LogP contribution < -0.4 is 0 Å². The normalized spacial score (nSPS) is 24.9. The first kappa shape index (κ1) is 11.9. The van der Waals surface area contributed by atoms with Gasteiger partial charge in [-0.05, 0) is 32.1 Å². The van der Waals surface area contributed by atoms with E-state index in [1.54, 1.807) is 0 Å². The van der Waals surface area contributed by atoms with Crippen molar-refractivity contribution in [1.82, 2.24) is 9.80 Å². The first-order valence-electron chi connectivity index (χ1n) is 6.58. The fourth-order valence-corrected chi connectivity index (χ4v) is 2.95. The Bertz CT molecular complexity index is 259. The summed E-state index contributed by atoms with van der Waals surface area (Å²) in [5.41, 5.74) is 0.550. The monoisotopic (exact) mass is 224 g/mol. The number of carbonyl (C=O) groups excluding carboxylic acids is 1. The zero-order valence-electron chi connectivity index (χ0n) is 10.8. The lowest BCUT2D eigenvalue weighted by atomic mass is 9.71. The smallest absolute Gasteiger partial charge is 0.222 e. The molecule has 0 N–H and O–H groups in total. The quantitative estimate of drug-likeness (QED) is 0.713. The van der Waals surface area contributed by atoms with Gasteiger partial charge in [-0.15, -0.1) is 0 Å². The Labute approximate surface area is 98.8 Å². The Morgan fingerprint density at radius 1 is 1.25 bits per heavy atom. The Hall–Kier alpha value is -0.570. The Kier molecular flexibility index (Phi) is 3.24. The molecule has 2 fully saturated rings. The van der Waals surface area contributed by atoms with Crippen LogP contribution in [0.2, 0.25) is 0 Å². The Morgan fingerprint density at radius 3 is 2.25 bits per heavy atom. The number of piperidine rings is 1. The fourth-order valence-electron chi connectivity index (χ4n) is 2.95. The summed E-state index contributed by atoms with van der Waals surface area (Å²) in [7, 11) is 0. The molecule has 0 saturated carbocycles. The van der Waals surface area contributed by atoms with Crippen molar-refractivity contribution in [3.63, 3.8) is 0 Å². The standard InChI is InChI=1S/C13H24N2O/c1-4-12(16)14-7-5-13(6-8-14)9-15(10-13)11(2)3/h11H,4-10H2,1-3H3. The summed E-state index contributed by atoms with van der Waals surface area (Å²) in [5, 5.41) is 0. The van der Waals surface area contributed by atoms with Gasteiger partial charge >= 0.3 is 0 Å². The van der Waals surface area contributed by atoms with Gasteiger partial charge in [-0.1, -0.05) is 6.92 Å². The molecule has 16 heavy (non-hydrogen) atoms. The molecule has 92 valence electrons. The van der Waals surface area contributed by atoms with Crippen LogP contribution in [0, 0.1) is 5.41 Å². The largest absolute Gasteiger partial charge is 0.343 e. The van der Waals surface area contributed by atoms with E-state index in [-0.39, 0.29) is 0 Å². The molecule has 1 spiro atoms. The number of hydrogen-bond donors (Lipinski definition) is 0. The molecular weight excluding hydrogens is 200 g/mol. The molecule has 1 amide bonds. The molecule has 0 aromatic heterocycles. The minimum atomic E-state index is 0.329. The van der Waals surface area contributed by atoms with Gasteiger partial charge in [0.05, 0.1) is 0 Å². The third-order valence-corrected chi connectivity index (χ3v) is 4.29. The van der Waals surface area contributed by atoms with Crippen molar-refractivity contribution >= 4 is 5.91 Å². The van der Waals surface area contributed by atoms with Crippen LogP contribution >= 0.6 is 0 Å². The number of carbonyl (C=O) groups is 1. The van der Waals surface area contributed by atoms with Crippen LogP contribution in [0.4, 0.5) is 0 Å². The Morgan fingerprint density at radius 2 is 1.81 bits per heavy atom. The minimum absolute atomic E-state index is 0.329. The second kappa shape index (κ2) is 4.36. The van der Waals surface area contributed by atoms with Gasteiger partial charge < -0.3 is 4.90 Å². The summed E-state index contributed by atoms with van der Waals surface area (Å²) in [5.74, 6) is 0.329. The van der Waals surface area contributed by atoms with E-state index < -0.39 is 0 Å². The molecule has 2 heterocycles. The molecule has 0 radical (unpaired) electrons. The maximum absolute atomic E-state index is 11.6. The van der Waals surface area contributed by atoms with E-state index in [0.29, 0.717) is 23.8 Å². The third kappa shape index (κ3) is 2.10. The van der Waals surface area contributed by atoms with Gasteiger partial charge in [0.2, 0.25) is 5.91 Å². The van der Waals surface area contributed by atoms with Crippen molar-refractivity contribution < 1.29 is 4.79 Å². The SMILES string of the molecule is CCC(=O)N1CCC2(CC1)CN(C(C)C)C2. The maximum Gasteiger partial charge on any atom is 0.222 e. The summed E-state index contributed by atoms with van der Waals surface area (Å²) in [4.78, 5) is 16.2. The van der Waals surface area contributed by atoms with Gasteiger partial charge in [0.25, 0.3) is 0 Å². The van der Waals surface area contributed by atoms with Crippen LogP contribution in [0.25, 0.3) is 0 Å². The predicted octanol–water partition coefficient (Wildman–Crippen LogP) is 1.73. The molecule has 0 bridgehead atoms. The van der Waals surface area contributed by atoms with E-state index in [9.17, 15) is 4.79 Å². The van der Waals surface area contributed by atoms with Crippen molar-refractivity contribution in [2.45, 2.75) is 46.1 Å². The summed E-state index contributed by atoms with van der Waals surface area (Å²) >= 11 is 0. The average Bonchev–Trinajstić information content (AvgIpc) is 2.24. The van der Waals surface area contributed by atoms with E-state index in [1.165, 1.54) is 25.9 Å². The van der Waals surface area contributed by atoms with Crippen molar-refractivity contribution in [3.8, 4) is 0 Å². The van der Waals surface area contributed by atoms with Crippen molar-refractivity contribution in [1.29, 1.82) is 0 Å². The predicted molar refractivity (Wildman–Crippen MR) is 65.2 cm³/mol. The molecular formula is C13H24N2O. The topological polar surface area (TPSA) is 23.6 Å². The van der Waals surface area contributed by atoms with Crippen LogP contribution in [0.15, 0.2) is 0 Å². The van der Waals surface area contributed by atoms with E-state index in [2.05, 4.69) is 18.7 Å². The molecule has 0 atom stereocenters. The molecule has 0 aromatic carbocycles. The summed E-state index contributed by atoms with van der Waals surface area (Å²) in [6.07, 6.45) is 3.08. The van der Waals surface area contributed by atoms with Crippen LogP contribution in [-0.2, 0) is 4.79 Å². The van der Waals surface area contributed by atoms with Gasteiger partial charge in [0.1, 0.15) is 0 Å². The number of amides is 1. The lowest BCUT2D eigenvalue weighted by molar-refractivity contribution is -0.136. The zero-order valence-corrected chi connectivity index (χ0v) is 10.8. The highest BCUT2D eigenvalue weighted by Gasteiger charge is 2.45. The van der Waals surface area contributed by atoms with E-state index in [1.807, 2.05) is 11.8 Å². The van der Waals surface area contributed by atoms with Gasteiger partial charge in [-0.2, -0.15) is 0 Å². The number of nitrogens with zero attached hydrogens (tertiary/aromatic N) is 2.